The lowest BCUT2D eigenvalue weighted by Crippen LogP contribution is -2.26. The second-order valence-electron chi connectivity index (χ2n) is 4.03. The lowest BCUT2D eigenvalue weighted by Gasteiger charge is -2.22. The Hall–Kier alpha value is -2.04. The van der Waals surface area contributed by atoms with Gasteiger partial charge in [-0.2, -0.15) is 0 Å². The molecule has 1 heteroatoms. The van der Waals surface area contributed by atoms with Crippen molar-refractivity contribution >= 4 is 0 Å². The molecule has 1 atom stereocenters. The Morgan fingerprint density at radius 2 is 1.47 bits per heavy atom. The molecule has 0 saturated heterocycles. The topological polar surface area (TPSA) is 20.2 Å². The van der Waals surface area contributed by atoms with Crippen LogP contribution >= 0.6 is 0 Å². The summed E-state index contributed by atoms with van der Waals surface area (Å²) in [5, 5.41) is 10.5. The monoisotopic (exact) mass is 222 g/mol. The van der Waals surface area contributed by atoms with Crippen LogP contribution in [0.2, 0.25) is 0 Å². The van der Waals surface area contributed by atoms with E-state index in [4.69, 9.17) is 6.42 Å². The van der Waals surface area contributed by atoms with Crippen LogP contribution < -0.4 is 0 Å². The van der Waals surface area contributed by atoms with E-state index in [1.54, 1.807) is 0 Å². The smallest absolute Gasteiger partial charge is 0.154 e. The minimum Gasteiger partial charge on any atom is -0.373 e. The third-order valence-electron chi connectivity index (χ3n) is 2.79. The fourth-order valence-corrected chi connectivity index (χ4v) is 1.84. The molecule has 0 aliphatic carbocycles. The van der Waals surface area contributed by atoms with E-state index in [0.29, 0.717) is 6.42 Å². The van der Waals surface area contributed by atoms with Gasteiger partial charge in [0.2, 0.25) is 0 Å². The Balaban J connectivity index is 2.31. The predicted molar refractivity (Wildman–Crippen MR) is 69.3 cm³/mol. The third kappa shape index (κ3) is 2.55. The van der Waals surface area contributed by atoms with E-state index in [0.717, 1.165) is 11.1 Å². The molecule has 0 fully saturated rings. The Kier molecular flexibility index (Phi) is 3.27. The van der Waals surface area contributed by atoms with E-state index in [2.05, 4.69) is 5.92 Å². The predicted octanol–water partition coefficient (Wildman–Crippen LogP) is 2.75. The molecule has 2 aromatic rings. The molecule has 0 radical (unpaired) electrons. The molecule has 1 nitrogen and oxygen atoms in total. The van der Waals surface area contributed by atoms with Crippen molar-refractivity contribution in [2.45, 2.75) is 12.0 Å². The Morgan fingerprint density at radius 1 is 0.941 bits per heavy atom. The van der Waals surface area contributed by atoms with Gasteiger partial charge in [-0.25, -0.2) is 0 Å². The maximum atomic E-state index is 10.5. The van der Waals surface area contributed by atoms with Crippen molar-refractivity contribution in [1.29, 1.82) is 0 Å². The van der Waals surface area contributed by atoms with Crippen molar-refractivity contribution in [3.05, 3.63) is 71.8 Å². The van der Waals surface area contributed by atoms with Gasteiger partial charge in [0.25, 0.3) is 0 Å². The number of hydrogen-bond acceptors (Lipinski definition) is 1. The van der Waals surface area contributed by atoms with Crippen LogP contribution in [0.25, 0.3) is 0 Å². The maximum absolute atomic E-state index is 10.5. The van der Waals surface area contributed by atoms with Crippen LogP contribution in [-0.4, -0.2) is 5.11 Å². The minimum atomic E-state index is -1.23. The summed E-state index contributed by atoms with van der Waals surface area (Å²) in [6.45, 7) is 0. The number of terminal acetylenes is 1. The van der Waals surface area contributed by atoms with E-state index >= 15 is 0 Å². The van der Waals surface area contributed by atoms with Gasteiger partial charge in [-0.3, -0.25) is 0 Å². The number of rotatable bonds is 3. The van der Waals surface area contributed by atoms with E-state index in [1.807, 2.05) is 60.7 Å². The Labute approximate surface area is 102 Å². The van der Waals surface area contributed by atoms with Crippen molar-refractivity contribution in [3.63, 3.8) is 0 Å². The molecular formula is C16H14O. The van der Waals surface area contributed by atoms with Gasteiger partial charge in [0, 0.05) is 6.42 Å². The quantitative estimate of drug-likeness (QED) is 0.792. The second-order valence-corrected chi connectivity index (χ2v) is 4.03. The summed E-state index contributed by atoms with van der Waals surface area (Å²) in [6, 6.07) is 19.1. The lowest BCUT2D eigenvalue weighted by atomic mass is 9.88. The first-order valence-electron chi connectivity index (χ1n) is 5.54. The summed E-state index contributed by atoms with van der Waals surface area (Å²) in [5.41, 5.74) is 0.547. The average molecular weight is 222 g/mol. The highest BCUT2D eigenvalue weighted by Crippen LogP contribution is 2.24. The fourth-order valence-electron chi connectivity index (χ4n) is 1.84. The zero-order valence-corrected chi connectivity index (χ0v) is 9.51. The molecule has 1 N–H and O–H groups in total. The van der Waals surface area contributed by atoms with Crippen LogP contribution in [0.4, 0.5) is 0 Å². The van der Waals surface area contributed by atoms with Crippen molar-refractivity contribution in [3.8, 4) is 12.3 Å². The van der Waals surface area contributed by atoms with Crippen LogP contribution in [0.1, 0.15) is 11.1 Å². The van der Waals surface area contributed by atoms with Crippen LogP contribution in [0.5, 0.6) is 0 Å². The molecule has 2 rings (SSSR count). The zero-order valence-electron chi connectivity index (χ0n) is 9.51. The fraction of sp³-hybridized carbons (Fsp3) is 0.125. The molecular weight excluding hydrogens is 208 g/mol. The highest BCUT2D eigenvalue weighted by molar-refractivity contribution is 5.33. The van der Waals surface area contributed by atoms with E-state index in [-0.39, 0.29) is 0 Å². The van der Waals surface area contributed by atoms with E-state index in [1.165, 1.54) is 0 Å². The summed E-state index contributed by atoms with van der Waals surface area (Å²) in [4.78, 5) is 0. The molecule has 84 valence electrons. The lowest BCUT2D eigenvalue weighted by molar-refractivity contribution is 0.101. The van der Waals surface area contributed by atoms with Gasteiger partial charge in [0.15, 0.2) is 5.60 Å². The van der Waals surface area contributed by atoms with Gasteiger partial charge in [0.1, 0.15) is 0 Å². The second kappa shape index (κ2) is 4.86. The molecule has 0 bridgehead atoms. The zero-order chi connectivity index (χ0) is 12.1. The standard InChI is InChI=1S/C16H14O/c1-2-16(17,15-11-7-4-8-12-15)13-14-9-5-3-6-10-14/h1,3-12,17H,13H2/t16-/m1/s1. The van der Waals surface area contributed by atoms with Gasteiger partial charge in [-0.1, -0.05) is 66.6 Å². The van der Waals surface area contributed by atoms with Crippen molar-refractivity contribution < 1.29 is 5.11 Å². The van der Waals surface area contributed by atoms with E-state index < -0.39 is 5.60 Å². The molecule has 0 spiro atoms. The number of hydrogen-bond donors (Lipinski definition) is 1. The SMILES string of the molecule is C#C[C@@](O)(Cc1ccccc1)c1ccccc1. The molecule has 17 heavy (non-hydrogen) atoms. The molecule has 0 aliphatic rings. The number of benzene rings is 2. The molecule has 2 aromatic carbocycles. The van der Waals surface area contributed by atoms with Gasteiger partial charge in [-0.05, 0) is 11.1 Å². The minimum absolute atomic E-state index is 0.425. The first-order chi connectivity index (χ1) is 8.24. The summed E-state index contributed by atoms with van der Waals surface area (Å²) >= 11 is 0. The normalized spacial score (nSPS) is 13.6. The van der Waals surface area contributed by atoms with Gasteiger partial charge in [0.05, 0.1) is 0 Å². The van der Waals surface area contributed by atoms with Crippen LogP contribution in [-0.2, 0) is 12.0 Å². The van der Waals surface area contributed by atoms with Crippen molar-refractivity contribution in [2.24, 2.45) is 0 Å². The molecule has 0 heterocycles. The first-order valence-corrected chi connectivity index (χ1v) is 5.54. The van der Waals surface area contributed by atoms with Crippen molar-refractivity contribution in [2.75, 3.05) is 0 Å². The Bertz CT molecular complexity index is 510. The average Bonchev–Trinajstić information content (AvgIpc) is 2.41. The largest absolute Gasteiger partial charge is 0.373 e. The summed E-state index contributed by atoms with van der Waals surface area (Å²) < 4.78 is 0. The van der Waals surface area contributed by atoms with Crippen LogP contribution in [0.3, 0.4) is 0 Å². The molecule has 0 unspecified atom stereocenters. The maximum Gasteiger partial charge on any atom is 0.154 e. The van der Waals surface area contributed by atoms with Gasteiger partial charge in [-0.15, -0.1) is 6.42 Å². The molecule has 0 aliphatic heterocycles. The Morgan fingerprint density at radius 3 is 2.00 bits per heavy atom. The van der Waals surface area contributed by atoms with E-state index in [9.17, 15) is 5.11 Å². The highest BCUT2D eigenvalue weighted by Gasteiger charge is 2.26. The van der Waals surface area contributed by atoms with Gasteiger partial charge < -0.3 is 5.11 Å². The first kappa shape index (κ1) is 11.4. The third-order valence-corrected chi connectivity index (χ3v) is 2.79. The summed E-state index contributed by atoms with van der Waals surface area (Å²) in [6.07, 6.45) is 5.91. The highest BCUT2D eigenvalue weighted by atomic mass is 16.3. The number of aliphatic hydroxyl groups is 1. The van der Waals surface area contributed by atoms with Crippen LogP contribution in [0.15, 0.2) is 60.7 Å². The molecule has 0 aromatic heterocycles. The van der Waals surface area contributed by atoms with Gasteiger partial charge >= 0.3 is 0 Å². The molecule has 0 amide bonds. The summed E-state index contributed by atoms with van der Waals surface area (Å²) in [5.74, 6) is 2.50. The molecule has 0 saturated carbocycles. The van der Waals surface area contributed by atoms with Crippen molar-refractivity contribution in [1.82, 2.24) is 0 Å². The van der Waals surface area contributed by atoms with Crippen LogP contribution in [0, 0.1) is 12.3 Å². The summed E-state index contributed by atoms with van der Waals surface area (Å²) in [7, 11) is 0.